The first-order valence-electron chi connectivity index (χ1n) is 5.57. The van der Waals surface area contributed by atoms with E-state index in [0.29, 0.717) is 10.7 Å². The van der Waals surface area contributed by atoms with Crippen LogP contribution >= 0.6 is 11.6 Å². The summed E-state index contributed by atoms with van der Waals surface area (Å²) in [5, 5.41) is 13.1. The summed E-state index contributed by atoms with van der Waals surface area (Å²) in [5.74, 6) is -0.312. The number of hydrogen-bond acceptors (Lipinski definition) is 2. The number of aliphatic hydroxyl groups is 1. The van der Waals surface area contributed by atoms with Gasteiger partial charge in [-0.05, 0) is 35.9 Å². The van der Waals surface area contributed by atoms with Crippen LogP contribution in [0.4, 0.5) is 10.1 Å². The average Bonchev–Trinajstić information content (AvgIpc) is 2.37. The first-order valence-corrected chi connectivity index (χ1v) is 5.95. The Labute approximate surface area is 110 Å². The van der Waals surface area contributed by atoms with E-state index in [0.717, 1.165) is 5.56 Å². The van der Waals surface area contributed by atoms with E-state index in [1.165, 1.54) is 12.1 Å². The van der Waals surface area contributed by atoms with E-state index >= 15 is 0 Å². The average molecular weight is 266 g/mol. The summed E-state index contributed by atoms with van der Waals surface area (Å²) >= 11 is 5.81. The van der Waals surface area contributed by atoms with Crippen molar-refractivity contribution in [2.75, 3.05) is 11.9 Å². The van der Waals surface area contributed by atoms with E-state index in [1.54, 1.807) is 24.3 Å². The van der Waals surface area contributed by atoms with Gasteiger partial charge in [-0.2, -0.15) is 0 Å². The number of benzene rings is 2. The lowest BCUT2D eigenvalue weighted by Crippen LogP contribution is -2.14. The van der Waals surface area contributed by atoms with Gasteiger partial charge in [-0.3, -0.25) is 0 Å². The van der Waals surface area contributed by atoms with Crippen molar-refractivity contribution >= 4 is 17.3 Å². The molecule has 0 aromatic heterocycles. The molecule has 0 aliphatic carbocycles. The van der Waals surface area contributed by atoms with Crippen molar-refractivity contribution in [2.24, 2.45) is 0 Å². The van der Waals surface area contributed by atoms with Gasteiger partial charge in [0, 0.05) is 10.7 Å². The molecule has 2 aromatic carbocycles. The molecule has 4 heteroatoms. The third kappa shape index (κ3) is 3.22. The van der Waals surface area contributed by atoms with Crippen LogP contribution < -0.4 is 5.32 Å². The van der Waals surface area contributed by atoms with Gasteiger partial charge in [-0.25, -0.2) is 4.39 Å². The molecular formula is C14H13ClFNO. The summed E-state index contributed by atoms with van der Waals surface area (Å²) in [7, 11) is 0. The molecule has 2 rings (SSSR count). The fraction of sp³-hybridized carbons (Fsp3) is 0.143. The maximum Gasteiger partial charge on any atom is 0.125 e. The Bertz CT molecular complexity index is 515. The lowest BCUT2D eigenvalue weighted by Gasteiger charge is -2.18. The Kier molecular flexibility index (Phi) is 4.18. The number of aliphatic hydroxyl groups excluding tert-OH is 1. The standard InChI is InChI=1S/C14H13ClFNO/c15-11-6-4-10(5-7-11)14(9-18)17-13-3-1-2-12(16)8-13/h1-8,14,17-18H,9H2. The second kappa shape index (κ2) is 5.85. The van der Waals surface area contributed by atoms with E-state index in [2.05, 4.69) is 5.32 Å². The van der Waals surface area contributed by atoms with Gasteiger partial charge < -0.3 is 10.4 Å². The van der Waals surface area contributed by atoms with Crippen LogP contribution in [-0.4, -0.2) is 11.7 Å². The molecule has 0 saturated heterocycles. The molecule has 1 unspecified atom stereocenters. The topological polar surface area (TPSA) is 32.3 Å². The van der Waals surface area contributed by atoms with Crippen LogP contribution in [0.5, 0.6) is 0 Å². The zero-order valence-corrected chi connectivity index (χ0v) is 10.4. The van der Waals surface area contributed by atoms with Crippen molar-refractivity contribution in [2.45, 2.75) is 6.04 Å². The van der Waals surface area contributed by atoms with E-state index in [9.17, 15) is 9.50 Å². The van der Waals surface area contributed by atoms with Crippen LogP contribution in [0.3, 0.4) is 0 Å². The molecular weight excluding hydrogens is 253 g/mol. The largest absolute Gasteiger partial charge is 0.394 e. The molecule has 2 N–H and O–H groups in total. The first-order chi connectivity index (χ1) is 8.69. The smallest absolute Gasteiger partial charge is 0.125 e. The summed E-state index contributed by atoms with van der Waals surface area (Å²) in [4.78, 5) is 0. The molecule has 0 aliphatic rings. The fourth-order valence-corrected chi connectivity index (χ4v) is 1.83. The van der Waals surface area contributed by atoms with Gasteiger partial charge in [0.25, 0.3) is 0 Å². The number of hydrogen-bond donors (Lipinski definition) is 2. The summed E-state index contributed by atoms with van der Waals surface area (Å²) in [6.07, 6.45) is 0. The molecule has 0 aliphatic heterocycles. The van der Waals surface area contributed by atoms with Crippen LogP contribution in [-0.2, 0) is 0 Å². The van der Waals surface area contributed by atoms with E-state index < -0.39 is 0 Å². The lowest BCUT2D eigenvalue weighted by molar-refractivity contribution is 0.276. The molecule has 2 aromatic rings. The van der Waals surface area contributed by atoms with Crippen molar-refractivity contribution in [3.05, 3.63) is 64.9 Å². The van der Waals surface area contributed by atoms with Crippen molar-refractivity contribution in [3.63, 3.8) is 0 Å². The molecule has 0 saturated carbocycles. The van der Waals surface area contributed by atoms with Crippen molar-refractivity contribution < 1.29 is 9.50 Å². The van der Waals surface area contributed by atoms with Crippen LogP contribution in [0.15, 0.2) is 48.5 Å². The molecule has 0 heterocycles. The maximum absolute atomic E-state index is 13.1. The molecule has 0 bridgehead atoms. The predicted molar refractivity (Wildman–Crippen MR) is 71.3 cm³/mol. The highest BCUT2D eigenvalue weighted by molar-refractivity contribution is 6.30. The van der Waals surface area contributed by atoms with Crippen molar-refractivity contribution in [1.82, 2.24) is 0 Å². The number of halogens is 2. The molecule has 94 valence electrons. The van der Waals surface area contributed by atoms with E-state index in [1.807, 2.05) is 12.1 Å². The zero-order valence-electron chi connectivity index (χ0n) is 9.61. The van der Waals surface area contributed by atoms with Gasteiger partial charge >= 0.3 is 0 Å². The Morgan fingerprint density at radius 1 is 1.17 bits per heavy atom. The number of nitrogens with one attached hydrogen (secondary N) is 1. The number of rotatable bonds is 4. The highest BCUT2D eigenvalue weighted by Crippen LogP contribution is 2.21. The van der Waals surface area contributed by atoms with Crippen molar-refractivity contribution in [3.8, 4) is 0 Å². The summed E-state index contributed by atoms with van der Waals surface area (Å²) in [6, 6.07) is 13.0. The molecule has 18 heavy (non-hydrogen) atoms. The molecule has 1 atom stereocenters. The highest BCUT2D eigenvalue weighted by atomic mass is 35.5. The quantitative estimate of drug-likeness (QED) is 0.885. The second-order valence-corrected chi connectivity index (χ2v) is 4.38. The second-order valence-electron chi connectivity index (χ2n) is 3.94. The van der Waals surface area contributed by atoms with E-state index in [4.69, 9.17) is 11.6 Å². The van der Waals surface area contributed by atoms with Gasteiger partial charge in [0.15, 0.2) is 0 Å². The number of anilines is 1. The van der Waals surface area contributed by atoms with Crippen LogP contribution in [0, 0.1) is 5.82 Å². The minimum absolute atomic E-state index is 0.0852. The van der Waals surface area contributed by atoms with Gasteiger partial charge in [0.2, 0.25) is 0 Å². The van der Waals surface area contributed by atoms with Crippen LogP contribution in [0.1, 0.15) is 11.6 Å². The molecule has 0 amide bonds. The summed E-state index contributed by atoms with van der Waals surface area (Å²) in [6.45, 7) is -0.0852. The third-order valence-corrected chi connectivity index (χ3v) is 2.87. The Hall–Kier alpha value is -1.58. The lowest BCUT2D eigenvalue weighted by atomic mass is 10.1. The minimum atomic E-state index is -0.312. The van der Waals surface area contributed by atoms with Gasteiger partial charge in [0.1, 0.15) is 5.82 Å². The zero-order chi connectivity index (χ0) is 13.0. The predicted octanol–water partition coefficient (Wildman–Crippen LogP) is 3.62. The first kappa shape index (κ1) is 12.9. The van der Waals surface area contributed by atoms with Gasteiger partial charge in [0.05, 0.1) is 12.6 Å². The maximum atomic E-state index is 13.1. The van der Waals surface area contributed by atoms with Crippen LogP contribution in [0.25, 0.3) is 0 Å². The van der Waals surface area contributed by atoms with Gasteiger partial charge in [-0.1, -0.05) is 29.8 Å². The fourth-order valence-electron chi connectivity index (χ4n) is 1.71. The SMILES string of the molecule is OCC(Nc1cccc(F)c1)c1ccc(Cl)cc1. The molecule has 0 radical (unpaired) electrons. The summed E-state index contributed by atoms with van der Waals surface area (Å²) in [5.41, 5.74) is 1.52. The monoisotopic (exact) mass is 265 g/mol. The molecule has 0 fully saturated rings. The molecule has 0 spiro atoms. The normalized spacial score (nSPS) is 12.2. The minimum Gasteiger partial charge on any atom is -0.394 e. The van der Waals surface area contributed by atoms with Crippen molar-refractivity contribution in [1.29, 1.82) is 0 Å². The van der Waals surface area contributed by atoms with E-state index in [-0.39, 0.29) is 18.5 Å². The Morgan fingerprint density at radius 2 is 1.89 bits per heavy atom. The Balaban J connectivity index is 2.17. The third-order valence-electron chi connectivity index (χ3n) is 2.62. The molecule has 2 nitrogen and oxygen atoms in total. The van der Waals surface area contributed by atoms with Crippen LogP contribution in [0.2, 0.25) is 5.02 Å². The van der Waals surface area contributed by atoms with Gasteiger partial charge in [-0.15, -0.1) is 0 Å². The summed E-state index contributed by atoms with van der Waals surface area (Å²) < 4.78 is 13.1. The Morgan fingerprint density at radius 3 is 2.50 bits per heavy atom. The highest BCUT2D eigenvalue weighted by Gasteiger charge is 2.10.